The van der Waals surface area contributed by atoms with E-state index in [1.807, 2.05) is 58.8 Å². The van der Waals surface area contributed by atoms with Gasteiger partial charge in [-0.1, -0.05) is 48.0 Å². The number of nitrogens with zero attached hydrogens (tertiary/aromatic N) is 3. The Morgan fingerprint density at radius 3 is 2.68 bits per heavy atom. The zero-order valence-corrected chi connectivity index (χ0v) is 20.0. The summed E-state index contributed by atoms with van der Waals surface area (Å²) in [6.45, 7) is 1.91. The SMILES string of the molecule is O=C(NCCCCCc1nc(-c2cccs2)no1)C1CCN(C(=O)/C=C/c2ccccc2)CC1. The van der Waals surface area contributed by atoms with Crippen LogP contribution in [0.4, 0.5) is 0 Å². The van der Waals surface area contributed by atoms with Crippen LogP contribution in [-0.2, 0) is 16.0 Å². The lowest BCUT2D eigenvalue weighted by Gasteiger charge is -2.30. The zero-order chi connectivity index (χ0) is 23.6. The summed E-state index contributed by atoms with van der Waals surface area (Å²) >= 11 is 1.59. The summed E-state index contributed by atoms with van der Waals surface area (Å²) in [4.78, 5) is 32.2. The van der Waals surface area contributed by atoms with Gasteiger partial charge >= 0.3 is 0 Å². The quantitative estimate of drug-likeness (QED) is 0.340. The number of carbonyl (C=O) groups excluding carboxylic acids is 2. The van der Waals surface area contributed by atoms with Crippen LogP contribution in [0.5, 0.6) is 0 Å². The molecule has 1 aliphatic rings. The summed E-state index contributed by atoms with van der Waals surface area (Å²) in [7, 11) is 0. The lowest BCUT2D eigenvalue weighted by atomic mass is 9.95. The topological polar surface area (TPSA) is 88.3 Å². The molecule has 0 radical (unpaired) electrons. The lowest BCUT2D eigenvalue weighted by Crippen LogP contribution is -2.42. The molecule has 0 unspecified atom stereocenters. The van der Waals surface area contributed by atoms with E-state index >= 15 is 0 Å². The summed E-state index contributed by atoms with van der Waals surface area (Å²) < 4.78 is 5.32. The maximum Gasteiger partial charge on any atom is 0.246 e. The first-order valence-corrected chi connectivity index (χ1v) is 12.7. The minimum Gasteiger partial charge on any atom is -0.356 e. The van der Waals surface area contributed by atoms with Crippen molar-refractivity contribution in [2.45, 2.75) is 38.5 Å². The highest BCUT2D eigenvalue weighted by atomic mass is 32.1. The van der Waals surface area contributed by atoms with Gasteiger partial charge in [0.2, 0.25) is 23.5 Å². The molecule has 34 heavy (non-hydrogen) atoms. The molecule has 0 bridgehead atoms. The van der Waals surface area contributed by atoms with Gasteiger partial charge in [0.15, 0.2) is 0 Å². The van der Waals surface area contributed by atoms with E-state index in [-0.39, 0.29) is 17.7 Å². The van der Waals surface area contributed by atoms with E-state index in [0.717, 1.165) is 36.1 Å². The van der Waals surface area contributed by atoms with Crippen LogP contribution >= 0.6 is 11.3 Å². The monoisotopic (exact) mass is 478 g/mol. The fourth-order valence-corrected chi connectivity index (χ4v) is 4.64. The van der Waals surface area contributed by atoms with Crippen molar-refractivity contribution in [3.05, 3.63) is 65.4 Å². The van der Waals surface area contributed by atoms with Gasteiger partial charge in [-0.15, -0.1) is 11.3 Å². The van der Waals surface area contributed by atoms with Crippen LogP contribution in [0.1, 0.15) is 43.6 Å². The number of thiophene rings is 1. The molecule has 8 heteroatoms. The fourth-order valence-electron chi connectivity index (χ4n) is 4.00. The number of amides is 2. The first-order chi connectivity index (χ1) is 16.7. The third kappa shape index (κ3) is 6.87. The molecule has 1 N–H and O–H groups in total. The Morgan fingerprint density at radius 2 is 1.91 bits per heavy atom. The summed E-state index contributed by atoms with van der Waals surface area (Å²) in [6.07, 6.45) is 8.46. The third-order valence-electron chi connectivity index (χ3n) is 5.97. The molecular formula is C26H30N4O3S. The molecule has 1 fully saturated rings. The van der Waals surface area contributed by atoms with Gasteiger partial charge in [0.25, 0.3) is 0 Å². The highest BCUT2D eigenvalue weighted by molar-refractivity contribution is 7.13. The van der Waals surface area contributed by atoms with E-state index in [2.05, 4.69) is 15.5 Å². The minimum absolute atomic E-state index is 0.00599. The van der Waals surface area contributed by atoms with Gasteiger partial charge in [-0.25, -0.2) is 0 Å². The van der Waals surface area contributed by atoms with Crippen LogP contribution in [0.25, 0.3) is 16.8 Å². The number of hydrogen-bond acceptors (Lipinski definition) is 6. The molecule has 3 aromatic rings. The molecule has 0 spiro atoms. The van der Waals surface area contributed by atoms with Gasteiger partial charge < -0.3 is 14.7 Å². The first-order valence-electron chi connectivity index (χ1n) is 11.9. The fraction of sp³-hybridized carbons (Fsp3) is 0.385. The van der Waals surface area contributed by atoms with Crippen LogP contribution in [0.15, 0.2) is 58.4 Å². The summed E-state index contributed by atoms with van der Waals surface area (Å²) in [5, 5.41) is 9.08. The predicted octanol–water partition coefficient (Wildman–Crippen LogP) is 4.58. The Bertz CT molecular complexity index is 1070. The molecule has 7 nitrogen and oxygen atoms in total. The number of unbranched alkanes of at least 4 members (excludes halogenated alkanes) is 2. The van der Waals surface area contributed by atoms with Crippen LogP contribution in [0.3, 0.4) is 0 Å². The van der Waals surface area contributed by atoms with Crippen molar-refractivity contribution in [3.63, 3.8) is 0 Å². The zero-order valence-electron chi connectivity index (χ0n) is 19.2. The average molecular weight is 479 g/mol. The van der Waals surface area contributed by atoms with Gasteiger partial charge in [-0.2, -0.15) is 4.98 Å². The molecule has 3 heterocycles. The predicted molar refractivity (Wildman–Crippen MR) is 133 cm³/mol. The molecule has 178 valence electrons. The molecule has 2 aromatic heterocycles. The largest absolute Gasteiger partial charge is 0.356 e. The Balaban J connectivity index is 1.08. The van der Waals surface area contributed by atoms with Crippen molar-refractivity contribution in [1.29, 1.82) is 0 Å². The number of carbonyl (C=O) groups is 2. The van der Waals surface area contributed by atoms with Crippen LogP contribution in [0, 0.1) is 5.92 Å². The summed E-state index contributed by atoms with van der Waals surface area (Å²) in [6, 6.07) is 13.7. The van der Waals surface area contributed by atoms with E-state index in [1.54, 1.807) is 17.4 Å². The average Bonchev–Trinajstić information content (AvgIpc) is 3.57. The van der Waals surface area contributed by atoms with Gasteiger partial charge in [0.05, 0.1) is 4.88 Å². The van der Waals surface area contributed by atoms with Crippen molar-refractivity contribution in [1.82, 2.24) is 20.4 Å². The van der Waals surface area contributed by atoms with E-state index < -0.39 is 0 Å². The normalized spacial score (nSPS) is 14.5. The molecular weight excluding hydrogens is 448 g/mol. The van der Waals surface area contributed by atoms with Gasteiger partial charge in [0, 0.05) is 38.0 Å². The number of rotatable bonds is 10. The number of nitrogens with one attached hydrogen (secondary N) is 1. The Labute approximate surface area is 203 Å². The van der Waals surface area contributed by atoms with Crippen LogP contribution in [-0.4, -0.2) is 46.5 Å². The highest BCUT2D eigenvalue weighted by Gasteiger charge is 2.26. The van der Waals surface area contributed by atoms with Crippen molar-refractivity contribution in [2.24, 2.45) is 5.92 Å². The molecule has 0 atom stereocenters. The van der Waals surface area contributed by atoms with E-state index in [1.165, 1.54) is 0 Å². The van der Waals surface area contributed by atoms with E-state index in [0.29, 0.717) is 44.2 Å². The highest BCUT2D eigenvalue weighted by Crippen LogP contribution is 2.22. The lowest BCUT2D eigenvalue weighted by molar-refractivity contribution is -0.132. The first kappa shape index (κ1) is 23.9. The number of aryl methyl sites for hydroxylation is 1. The Kier molecular flexibility index (Phi) is 8.62. The molecule has 0 aliphatic carbocycles. The second kappa shape index (κ2) is 12.3. The number of benzene rings is 1. The second-order valence-corrected chi connectivity index (χ2v) is 9.38. The minimum atomic E-state index is -0.0174. The Hall–Kier alpha value is -3.26. The molecule has 1 saturated heterocycles. The van der Waals surface area contributed by atoms with Crippen molar-refractivity contribution in [3.8, 4) is 10.7 Å². The summed E-state index contributed by atoms with van der Waals surface area (Å²) in [5.74, 6) is 1.40. The van der Waals surface area contributed by atoms with Gasteiger partial charge in [-0.3, -0.25) is 9.59 Å². The molecule has 2 amide bonds. The molecule has 0 saturated carbocycles. The van der Waals surface area contributed by atoms with Gasteiger partial charge in [-0.05, 0) is 48.8 Å². The summed E-state index contributed by atoms with van der Waals surface area (Å²) in [5.41, 5.74) is 1.00. The smallest absolute Gasteiger partial charge is 0.246 e. The number of hydrogen-bond donors (Lipinski definition) is 1. The van der Waals surface area contributed by atoms with Crippen molar-refractivity contribution >= 4 is 29.2 Å². The number of piperidine rings is 1. The van der Waals surface area contributed by atoms with Crippen LogP contribution in [0.2, 0.25) is 0 Å². The van der Waals surface area contributed by atoms with Crippen molar-refractivity contribution in [2.75, 3.05) is 19.6 Å². The third-order valence-corrected chi connectivity index (χ3v) is 6.84. The maximum atomic E-state index is 12.5. The second-order valence-electron chi connectivity index (χ2n) is 8.43. The Morgan fingerprint density at radius 1 is 1.09 bits per heavy atom. The number of likely N-dealkylation sites (tertiary alicyclic amines) is 1. The maximum absolute atomic E-state index is 12.5. The van der Waals surface area contributed by atoms with Gasteiger partial charge in [0.1, 0.15) is 0 Å². The molecule has 4 rings (SSSR count). The number of aromatic nitrogens is 2. The van der Waals surface area contributed by atoms with Crippen molar-refractivity contribution < 1.29 is 14.1 Å². The standard InChI is InChI=1S/C26H30N4O3S/c31-24(13-12-20-8-3-1-4-9-20)30-17-14-21(15-18-30)26(32)27-16-6-2-5-11-23-28-25(29-33-23)22-10-7-19-34-22/h1,3-4,7-10,12-13,19,21H,2,5-6,11,14-18H2,(H,27,32)/b13-12+. The van der Waals surface area contributed by atoms with Crippen LogP contribution < -0.4 is 5.32 Å². The van der Waals surface area contributed by atoms with E-state index in [4.69, 9.17) is 4.52 Å². The molecule has 1 aliphatic heterocycles. The van der Waals surface area contributed by atoms with E-state index in [9.17, 15) is 9.59 Å². The molecule has 1 aromatic carbocycles.